The second-order valence-electron chi connectivity index (χ2n) is 6.76. The Morgan fingerprint density at radius 2 is 1.39 bits per heavy atom. The lowest BCUT2D eigenvalue weighted by molar-refractivity contribution is 0.0730. The molecule has 0 spiro atoms. The Labute approximate surface area is 170 Å². The largest absolute Gasteiger partial charge is 0.504 e. The van der Waals surface area contributed by atoms with Crippen molar-refractivity contribution in [1.29, 1.82) is 0 Å². The molecule has 0 aliphatic rings. The molecule has 0 saturated heterocycles. The van der Waals surface area contributed by atoms with Gasteiger partial charge in [0, 0.05) is 16.5 Å². The van der Waals surface area contributed by atoms with Gasteiger partial charge in [-0.15, -0.1) is 0 Å². The SMILES string of the molecule is Nc1ccc(C(=O)Oc2c(O)cc3c(=O)oc4c(O)c(O)cc5c(=O)oc2c3c45)cc1. The van der Waals surface area contributed by atoms with Crippen LogP contribution in [0.5, 0.6) is 23.0 Å². The van der Waals surface area contributed by atoms with E-state index in [1.165, 1.54) is 24.3 Å². The molecule has 10 nitrogen and oxygen atoms in total. The smallest absolute Gasteiger partial charge is 0.344 e. The number of nitrogens with two attached hydrogens (primary N) is 1. The molecule has 2 aromatic heterocycles. The number of phenolic OH excluding ortho intramolecular Hbond substituents is 3. The Hall–Kier alpha value is -4.73. The molecule has 0 amide bonds. The molecule has 0 aliphatic carbocycles. The molecule has 2 heterocycles. The average Bonchev–Trinajstić information content (AvgIpc) is 2.73. The van der Waals surface area contributed by atoms with Gasteiger partial charge in [0.2, 0.25) is 11.5 Å². The monoisotopic (exact) mass is 421 g/mol. The molecule has 0 radical (unpaired) electrons. The number of aromatic hydroxyl groups is 3. The van der Waals surface area contributed by atoms with E-state index in [0.717, 1.165) is 12.1 Å². The van der Waals surface area contributed by atoms with Gasteiger partial charge >= 0.3 is 17.2 Å². The number of benzene rings is 3. The quantitative estimate of drug-likeness (QED) is 0.0827. The lowest BCUT2D eigenvalue weighted by Crippen LogP contribution is -2.11. The van der Waals surface area contributed by atoms with E-state index in [9.17, 15) is 29.7 Å². The number of carbonyl (C=O) groups is 1. The van der Waals surface area contributed by atoms with Gasteiger partial charge in [-0.05, 0) is 36.4 Å². The molecule has 0 saturated carbocycles. The standard InChI is InChI=1S/C21H11NO9/c22-8-3-1-7(2-4-8)19(26)29-16-12(24)6-10-14-13-9(21(28)31-18(14)16)5-11(23)15(25)17(13)30-20(10)27/h1-6,23-25H,22H2. The minimum atomic E-state index is -0.988. The third kappa shape index (κ3) is 2.55. The zero-order valence-corrected chi connectivity index (χ0v) is 15.3. The summed E-state index contributed by atoms with van der Waals surface area (Å²) in [5, 5.41) is 29.9. The van der Waals surface area contributed by atoms with Crippen molar-refractivity contribution in [3.8, 4) is 23.0 Å². The maximum absolute atomic E-state index is 12.5. The number of esters is 1. The fraction of sp³-hybridized carbons (Fsp3) is 0. The lowest BCUT2D eigenvalue weighted by atomic mass is 10.0. The van der Waals surface area contributed by atoms with Crippen molar-refractivity contribution in [1.82, 2.24) is 0 Å². The lowest BCUT2D eigenvalue weighted by Gasteiger charge is -2.13. The van der Waals surface area contributed by atoms with Crippen molar-refractivity contribution in [2.75, 3.05) is 5.73 Å². The third-order valence-electron chi connectivity index (χ3n) is 4.87. The van der Waals surface area contributed by atoms with Crippen LogP contribution in [0, 0.1) is 0 Å². The molecule has 0 atom stereocenters. The molecule has 0 fully saturated rings. The van der Waals surface area contributed by atoms with E-state index < -0.39 is 51.4 Å². The Balaban J connectivity index is 1.86. The number of anilines is 1. The van der Waals surface area contributed by atoms with Crippen LogP contribution >= 0.6 is 0 Å². The molecule has 31 heavy (non-hydrogen) atoms. The van der Waals surface area contributed by atoms with Gasteiger partial charge in [0.25, 0.3) is 0 Å². The fourth-order valence-corrected chi connectivity index (χ4v) is 3.44. The number of phenols is 3. The number of rotatable bonds is 2. The zero-order chi connectivity index (χ0) is 22.0. The summed E-state index contributed by atoms with van der Waals surface area (Å²) < 4.78 is 15.6. The van der Waals surface area contributed by atoms with E-state index in [1.807, 2.05) is 0 Å². The van der Waals surface area contributed by atoms with Crippen molar-refractivity contribution in [2.24, 2.45) is 0 Å². The fourth-order valence-electron chi connectivity index (χ4n) is 3.44. The number of hydrogen-bond donors (Lipinski definition) is 4. The van der Waals surface area contributed by atoms with E-state index in [-0.39, 0.29) is 27.1 Å². The van der Waals surface area contributed by atoms with E-state index in [4.69, 9.17) is 19.3 Å². The summed E-state index contributed by atoms with van der Waals surface area (Å²) >= 11 is 0. The highest BCUT2D eigenvalue weighted by molar-refractivity contribution is 6.22. The number of hydrogen-bond acceptors (Lipinski definition) is 10. The highest BCUT2D eigenvalue weighted by atomic mass is 16.5. The Morgan fingerprint density at radius 3 is 2.03 bits per heavy atom. The van der Waals surface area contributed by atoms with Crippen molar-refractivity contribution in [3.05, 3.63) is 62.8 Å². The summed E-state index contributed by atoms with van der Waals surface area (Å²) in [5.74, 6) is -3.50. The number of nitrogen functional groups attached to an aromatic ring is 1. The highest BCUT2D eigenvalue weighted by Crippen LogP contribution is 2.45. The second kappa shape index (κ2) is 6.13. The molecule has 3 aromatic carbocycles. The van der Waals surface area contributed by atoms with Crippen LogP contribution in [0.15, 0.2) is 54.8 Å². The number of ether oxygens (including phenoxy) is 1. The molecule has 5 N–H and O–H groups in total. The second-order valence-corrected chi connectivity index (χ2v) is 6.76. The van der Waals surface area contributed by atoms with Gasteiger partial charge in [-0.3, -0.25) is 0 Å². The van der Waals surface area contributed by atoms with Crippen LogP contribution in [-0.2, 0) is 0 Å². The molecule has 0 unspecified atom stereocenters. The minimum Gasteiger partial charge on any atom is -0.504 e. The topological polar surface area (TPSA) is 173 Å². The predicted octanol–water partition coefficient (Wildman–Crippen LogP) is 2.41. The third-order valence-corrected chi connectivity index (χ3v) is 4.87. The van der Waals surface area contributed by atoms with E-state index in [1.54, 1.807) is 0 Å². The normalized spacial score (nSPS) is 11.5. The van der Waals surface area contributed by atoms with E-state index in [0.29, 0.717) is 5.69 Å². The van der Waals surface area contributed by atoms with Gasteiger partial charge in [0.15, 0.2) is 22.7 Å². The van der Waals surface area contributed by atoms with Crippen molar-refractivity contribution in [2.45, 2.75) is 0 Å². The van der Waals surface area contributed by atoms with Gasteiger partial charge in [0.1, 0.15) is 0 Å². The van der Waals surface area contributed by atoms with Crippen molar-refractivity contribution in [3.63, 3.8) is 0 Å². The van der Waals surface area contributed by atoms with Crippen LogP contribution in [0.3, 0.4) is 0 Å². The average molecular weight is 421 g/mol. The number of carbonyl (C=O) groups excluding carboxylic acids is 1. The minimum absolute atomic E-state index is 0.0333. The summed E-state index contributed by atoms with van der Waals surface area (Å²) in [6.45, 7) is 0. The van der Waals surface area contributed by atoms with Gasteiger partial charge in [-0.1, -0.05) is 0 Å². The van der Waals surface area contributed by atoms with E-state index in [2.05, 4.69) is 0 Å². The van der Waals surface area contributed by atoms with Crippen LogP contribution in [0.25, 0.3) is 32.7 Å². The van der Waals surface area contributed by atoms with Crippen LogP contribution < -0.4 is 21.7 Å². The van der Waals surface area contributed by atoms with Gasteiger partial charge in [-0.2, -0.15) is 0 Å². The summed E-state index contributed by atoms with van der Waals surface area (Å²) in [4.78, 5) is 37.5. The Morgan fingerprint density at radius 1 is 0.839 bits per heavy atom. The Kier molecular flexibility index (Phi) is 3.62. The molecule has 10 heteroatoms. The summed E-state index contributed by atoms with van der Waals surface area (Å²) in [6, 6.07) is 7.69. The first kappa shape index (κ1) is 18.3. The molecule has 0 bridgehead atoms. The molecular weight excluding hydrogens is 410 g/mol. The first-order valence-corrected chi connectivity index (χ1v) is 8.77. The Bertz CT molecular complexity index is 1650. The van der Waals surface area contributed by atoms with Crippen LogP contribution in [0.1, 0.15) is 10.4 Å². The first-order chi connectivity index (χ1) is 14.8. The van der Waals surface area contributed by atoms with Crippen LogP contribution in [0.2, 0.25) is 0 Å². The molecule has 154 valence electrons. The first-order valence-electron chi connectivity index (χ1n) is 8.77. The maximum atomic E-state index is 12.5. The summed E-state index contributed by atoms with van der Waals surface area (Å²) in [5.41, 5.74) is 3.29. The van der Waals surface area contributed by atoms with Crippen LogP contribution in [0.4, 0.5) is 5.69 Å². The van der Waals surface area contributed by atoms with Gasteiger partial charge in [-0.25, -0.2) is 14.4 Å². The van der Waals surface area contributed by atoms with Gasteiger partial charge < -0.3 is 34.6 Å². The van der Waals surface area contributed by atoms with Crippen molar-refractivity contribution < 1.29 is 33.7 Å². The van der Waals surface area contributed by atoms with Crippen LogP contribution in [-0.4, -0.2) is 21.3 Å². The van der Waals surface area contributed by atoms with Gasteiger partial charge in [0.05, 0.1) is 16.3 Å². The summed E-state index contributed by atoms with van der Waals surface area (Å²) in [7, 11) is 0. The van der Waals surface area contributed by atoms with Crippen molar-refractivity contribution >= 4 is 44.4 Å². The molecular formula is C21H11NO9. The molecule has 0 aliphatic heterocycles. The van der Waals surface area contributed by atoms with E-state index >= 15 is 0 Å². The predicted molar refractivity (Wildman–Crippen MR) is 108 cm³/mol. The maximum Gasteiger partial charge on any atom is 0.344 e. The highest BCUT2D eigenvalue weighted by Gasteiger charge is 2.27. The summed E-state index contributed by atoms with van der Waals surface area (Å²) in [6.07, 6.45) is 0. The molecule has 5 rings (SSSR count). The zero-order valence-electron chi connectivity index (χ0n) is 15.3. The molecule has 5 aromatic rings.